The molecule has 1 unspecified atom stereocenters. The minimum Gasteiger partial charge on any atom is -0.373 e. The molecule has 1 atom stereocenters. The van der Waals surface area contributed by atoms with E-state index in [1.54, 1.807) is 35.4 Å². The van der Waals surface area contributed by atoms with Crippen LogP contribution in [0.4, 0.5) is 5.69 Å². The molecule has 3 aromatic rings. The van der Waals surface area contributed by atoms with E-state index in [4.69, 9.17) is 4.74 Å². The molecule has 31 heavy (non-hydrogen) atoms. The van der Waals surface area contributed by atoms with Crippen LogP contribution in [-0.4, -0.2) is 38.6 Å². The van der Waals surface area contributed by atoms with E-state index in [-0.39, 0.29) is 29.7 Å². The van der Waals surface area contributed by atoms with Crippen molar-refractivity contribution in [1.29, 1.82) is 0 Å². The quantitative estimate of drug-likeness (QED) is 0.582. The van der Waals surface area contributed by atoms with Crippen LogP contribution in [0.2, 0.25) is 0 Å². The van der Waals surface area contributed by atoms with Gasteiger partial charge in [0.15, 0.2) is 0 Å². The molecular formula is C23H27N5O3. The average Bonchev–Trinajstić information content (AvgIpc) is 3.27. The lowest BCUT2D eigenvalue weighted by Crippen LogP contribution is -2.32. The summed E-state index contributed by atoms with van der Waals surface area (Å²) in [6.07, 6.45) is 6.37. The average molecular weight is 422 g/mol. The maximum absolute atomic E-state index is 12.9. The Balaban J connectivity index is 1.60. The minimum absolute atomic E-state index is 0.194. The molecule has 2 N–H and O–H groups in total. The van der Waals surface area contributed by atoms with Gasteiger partial charge in [-0.3, -0.25) is 9.59 Å². The van der Waals surface area contributed by atoms with E-state index in [1.807, 2.05) is 51.1 Å². The highest BCUT2D eigenvalue weighted by atomic mass is 16.5. The Morgan fingerprint density at radius 1 is 1.13 bits per heavy atom. The van der Waals surface area contributed by atoms with Gasteiger partial charge in [0.1, 0.15) is 11.7 Å². The molecule has 0 radical (unpaired) electrons. The molecule has 0 bridgehead atoms. The van der Waals surface area contributed by atoms with E-state index >= 15 is 0 Å². The maximum atomic E-state index is 12.9. The summed E-state index contributed by atoms with van der Waals surface area (Å²) in [4.78, 5) is 33.4. The van der Waals surface area contributed by atoms with Crippen LogP contribution in [0.1, 0.15) is 42.9 Å². The van der Waals surface area contributed by atoms with Gasteiger partial charge >= 0.3 is 0 Å². The van der Waals surface area contributed by atoms with Gasteiger partial charge in [-0.25, -0.2) is 9.97 Å². The molecule has 0 saturated heterocycles. The molecule has 2 heterocycles. The largest absolute Gasteiger partial charge is 0.373 e. The van der Waals surface area contributed by atoms with Gasteiger partial charge in [-0.15, -0.1) is 0 Å². The van der Waals surface area contributed by atoms with Crippen molar-refractivity contribution >= 4 is 17.5 Å². The number of hydrogen-bond acceptors (Lipinski definition) is 5. The van der Waals surface area contributed by atoms with Crippen LogP contribution in [0.3, 0.4) is 0 Å². The van der Waals surface area contributed by atoms with Gasteiger partial charge in [-0.1, -0.05) is 30.3 Å². The molecule has 2 aromatic heterocycles. The van der Waals surface area contributed by atoms with Crippen molar-refractivity contribution < 1.29 is 14.3 Å². The molecule has 0 aliphatic carbocycles. The van der Waals surface area contributed by atoms with Crippen molar-refractivity contribution in [1.82, 2.24) is 19.9 Å². The summed E-state index contributed by atoms with van der Waals surface area (Å²) < 4.78 is 7.50. The lowest BCUT2D eigenvalue weighted by atomic mass is 10.2. The molecule has 0 aliphatic rings. The normalized spacial score (nSPS) is 12.2. The number of carbonyl (C=O) groups is 2. The van der Waals surface area contributed by atoms with Gasteiger partial charge in [-0.05, 0) is 38.5 Å². The summed E-state index contributed by atoms with van der Waals surface area (Å²) in [5, 5.41) is 5.66. The van der Waals surface area contributed by atoms with Crippen LogP contribution in [0.25, 0.3) is 0 Å². The van der Waals surface area contributed by atoms with Gasteiger partial charge in [0.2, 0.25) is 5.91 Å². The second-order valence-electron chi connectivity index (χ2n) is 8.04. The lowest BCUT2D eigenvalue weighted by Gasteiger charge is -2.24. The highest BCUT2D eigenvalue weighted by Gasteiger charge is 2.23. The molecule has 8 nitrogen and oxygen atoms in total. The van der Waals surface area contributed by atoms with Crippen LogP contribution < -0.4 is 10.6 Å². The standard InChI is InChI=1S/C23H27N5O3/c1-23(2,3)31-15-20(28-12-11-24-16-28)22(30)27-18-9-10-19(25-14-18)21(29)26-13-17-7-5-4-6-8-17/h4-12,14,16,20H,13,15H2,1-3H3,(H,26,29)(H,27,30). The third-order valence-electron chi connectivity index (χ3n) is 4.42. The summed E-state index contributed by atoms with van der Waals surface area (Å²) in [5.41, 5.74) is 1.39. The Bertz CT molecular complexity index is 980. The summed E-state index contributed by atoms with van der Waals surface area (Å²) >= 11 is 0. The van der Waals surface area contributed by atoms with E-state index in [9.17, 15) is 9.59 Å². The Kier molecular flexibility index (Phi) is 7.15. The number of carbonyl (C=O) groups excluding carboxylic acids is 2. The zero-order valence-corrected chi connectivity index (χ0v) is 17.9. The first-order valence-corrected chi connectivity index (χ1v) is 10.0. The number of hydrogen-bond donors (Lipinski definition) is 2. The van der Waals surface area contributed by atoms with Gasteiger partial charge in [0.05, 0.1) is 30.4 Å². The lowest BCUT2D eigenvalue weighted by molar-refractivity contribution is -0.123. The van der Waals surface area contributed by atoms with Crippen molar-refractivity contribution in [3.05, 3.63) is 78.6 Å². The number of aromatic nitrogens is 3. The van der Waals surface area contributed by atoms with Crippen molar-refractivity contribution in [2.45, 2.75) is 39.0 Å². The predicted molar refractivity (Wildman–Crippen MR) is 117 cm³/mol. The zero-order valence-electron chi connectivity index (χ0n) is 17.9. The van der Waals surface area contributed by atoms with Crippen LogP contribution in [0, 0.1) is 0 Å². The molecule has 2 amide bonds. The third kappa shape index (κ3) is 6.75. The van der Waals surface area contributed by atoms with Gasteiger partial charge in [-0.2, -0.15) is 0 Å². The van der Waals surface area contributed by atoms with Crippen LogP contribution in [0.5, 0.6) is 0 Å². The first-order chi connectivity index (χ1) is 14.8. The van der Waals surface area contributed by atoms with Gasteiger partial charge in [0, 0.05) is 18.9 Å². The molecule has 0 saturated carbocycles. The van der Waals surface area contributed by atoms with Crippen LogP contribution in [-0.2, 0) is 16.1 Å². The number of rotatable bonds is 8. The fourth-order valence-corrected chi connectivity index (χ4v) is 2.78. The number of benzene rings is 1. The number of ether oxygens (including phenoxy) is 1. The molecule has 8 heteroatoms. The zero-order chi connectivity index (χ0) is 22.3. The molecular weight excluding hydrogens is 394 g/mol. The number of pyridine rings is 1. The first kappa shape index (κ1) is 22.2. The Morgan fingerprint density at radius 3 is 2.52 bits per heavy atom. The molecule has 0 fully saturated rings. The Labute approximate surface area is 181 Å². The second-order valence-corrected chi connectivity index (χ2v) is 8.04. The number of amides is 2. The van der Waals surface area contributed by atoms with Crippen molar-refractivity contribution in [2.24, 2.45) is 0 Å². The number of imidazole rings is 1. The molecule has 3 rings (SSSR count). The van der Waals surface area contributed by atoms with Crippen LogP contribution >= 0.6 is 0 Å². The smallest absolute Gasteiger partial charge is 0.270 e. The van der Waals surface area contributed by atoms with E-state index in [0.717, 1.165) is 5.56 Å². The number of nitrogens with one attached hydrogen (secondary N) is 2. The van der Waals surface area contributed by atoms with Crippen molar-refractivity contribution in [2.75, 3.05) is 11.9 Å². The van der Waals surface area contributed by atoms with Gasteiger partial charge in [0.25, 0.3) is 5.91 Å². The van der Waals surface area contributed by atoms with E-state index in [2.05, 4.69) is 20.6 Å². The molecule has 1 aromatic carbocycles. The highest BCUT2D eigenvalue weighted by molar-refractivity contribution is 5.95. The monoisotopic (exact) mass is 421 g/mol. The molecule has 0 aliphatic heterocycles. The molecule has 162 valence electrons. The SMILES string of the molecule is CC(C)(C)OCC(C(=O)Nc1ccc(C(=O)NCc2ccccc2)nc1)n1ccnc1. The summed E-state index contributed by atoms with van der Waals surface area (Å²) in [6.45, 7) is 6.41. The maximum Gasteiger partial charge on any atom is 0.270 e. The van der Waals surface area contributed by atoms with E-state index in [1.165, 1.54) is 6.20 Å². The number of nitrogens with zero attached hydrogens (tertiary/aromatic N) is 3. The minimum atomic E-state index is -0.587. The first-order valence-electron chi connectivity index (χ1n) is 10.0. The second kappa shape index (κ2) is 9.99. The molecule has 0 spiro atoms. The number of anilines is 1. The van der Waals surface area contributed by atoms with Crippen molar-refractivity contribution in [3.63, 3.8) is 0 Å². The third-order valence-corrected chi connectivity index (χ3v) is 4.42. The highest BCUT2D eigenvalue weighted by Crippen LogP contribution is 2.16. The topological polar surface area (TPSA) is 98.1 Å². The van der Waals surface area contributed by atoms with E-state index < -0.39 is 6.04 Å². The summed E-state index contributed by atoms with van der Waals surface area (Å²) in [6, 6.07) is 12.3. The van der Waals surface area contributed by atoms with Crippen molar-refractivity contribution in [3.8, 4) is 0 Å². The Hall–Kier alpha value is -3.52. The van der Waals surface area contributed by atoms with Crippen LogP contribution in [0.15, 0.2) is 67.4 Å². The Morgan fingerprint density at radius 2 is 1.90 bits per heavy atom. The fourth-order valence-electron chi connectivity index (χ4n) is 2.78. The fraction of sp³-hybridized carbons (Fsp3) is 0.304. The summed E-state index contributed by atoms with van der Waals surface area (Å²) in [5.74, 6) is -0.540. The van der Waals surface area contributed by atoms with Gasteiger partial charge < -0.3 is 19.9 Å². The summed E-state index contributed by atoms with van der Waals surface area (Å²) in [7, 11) is 0. The predicted octanol–water partition coefficient (Wildman–Crippen LogP) is 3.20. The van der Waals surface area contributed by atoms with E-state index in [0.29, 0.717) is 12.2 Å².